The van der Waals surface area contributed by atoms with E-state index in [-0.39, 0.29) is 23.6 Å². The summed E-state index contributed by atoms with van der Waals surface area (Å²) in [6.45, 7) is 0.699. The summed E-state index contributed by atoms with van der Waals surface area (Å²) in [5, 5.41) is 0.535. The number of ether oxygens (including phenoxy) is 2. The molecule has 166 valence electrons. The van der Waals surface area contributed by atoms with Crippen molar-refractivity contribution in [3.63, 3.8) is 0 Å². The van der Waals surface area contributed by atoms with Crippen LogP contribution in [0.15, 0.2) is 42.5 Å². The predicted molar refractivity (Wildman–Crippen MR) is 118 cm³/mol. The maximum Gasteiger partial charge on any atom is 0.239 e. The molecule has 2 amide bonds. The van der Waals surface area contributed by atoms with Crippen LogP contribution in [0.25, 0.3) is 0 Å². The average molecular weight is 455 g/mol. The number of hydrogen-bond donors (Lipinski definition) is 0. The minimum absolute atomic E-state index is 0.126. The van der Waals surface area contributed by atoms with Crippen molar-refractivity contribution < 1.29 is 23.9 Å². The number of anilines is 1. The van der Waals surface area contributed by atoms with Gasteiger partial charge in [-0.25, -0.2) is 4.90 Å². The van der Waals surface area contributed by atoms with Crippen LogP contribution in [0, 0.1) is 11.8 Å². The molecule has 0 saturated carbocycles. The lowest BCUT2D eigenvalue weighted by molar-refractivity contribution is -0.123. The van der Waals surface area contributed by atoms with Crippen LogP contribution in [0.4, 0.5) is 5.69 Å². The molecule has 3 heterocycles. The van der Waals surface area contributed by atoms with E-state index in [1.54, 1.807) is 42.5 Å². The van der Waals surface area contributed by atoms with Crippen LogP contribution in [0.5, 0.6) is 11.5 Å². The van der Waals surface area contributed by atoms with Gasteiger partial charge in [0.1, 0.15) is 11.5 Å². The molecule has 0 bridgehead atoms. The van der Waals surface area contributed by atoms with Gasteiger partial charge in [0.2, 0.25) is 11.8 Å². The first kappa shape index (κ1) is 21.0. The minimum Gasteiger partial charge on any atom is -0.497 e. The quantitative estimate of drug-likeness (QED) is 0.510. The Morgan fingerprint density at radius 3 is 2.41 bits per heavy atom. The number of imide groups is 1. The Morgan fingerprint density at radius 2 is 1.72 bits per heavy atom. The number of Topliss-reactive ketones (excluding diaryl/α,β-unsaturated/α-hetero) is 1. The fraction of sp³-hybridized carbons (Fsp3) is 0.375. The van der Waals surface area contributed by atoms with Gasteiger partial charge in [-0.15, -0.1) is 0 Å². The Bertz CT molecular complexity index is 1100. The molecular formula is C24H23ClN2O5. The van der Waals surface area contributed by atoms with Gasteiger partial charge >= 0.3 is 0 Å². The normalized spacial score (nSPS) is 26.9. The molecular weight excluding hydrogens is 432 g/mol. The van der Waals surface area contributed by atoms with Gasteiger partial charge in [-0.3, -0.25) is 19.3 Å². The van der Waals surface area contributed by atoms with Crippen molar-refractivity contribution in [2.24, 2.45) is 11.8 Å². The molecule has 3 fully saturated rings. The second-order valence-electron chi connectivity index (χ2n) is 8.36. The highest BCUT2D eigenvalue weighted by Gasteiger charge is 2.65. The molecule has 0 spiro atoms. The zero-order valence-electron chi connectivity index (χ0n) is 17.8. The molecule has 32 heavy (non-hydrogen) atoms. The Hall–Kier alpha value is -2.90. The third-order valence-corrected chi connectivity index (χ3v) is 7.13. The third kappa shape index (κ3) is 3.03. The van der Waals surface area contributed by atoms with Crippen molar-refractivity contribution in [3.05, 3.63) is 53.1 Å². The number of hydrogen-bond acceptors (Lipinski definition) is 6. The fourth-order valence-corrected chi connectivity index (χ4v) is 5.64. The van der Waals surface area contributed by atoms with Crippen LogP contribution in [-0.4, -0.2) is 55.3 Å². The Kier molecular flexibility index (Phi) is 5.18. The van der Waals surface area contributed by atoms with Crippen molar-refractivity contribution in [1.29, 1.82) is 0 Å². The van der Waals surface area contributed by atoms with Crippen LogP contribution in [0.2, 0.25) is 5.02 Å². The summed E-state index contributed by atoms with van der Waals surface area (Å²) in [7, 11) is 3.01. The summed E-state index contributed by atoms with van der Waals surface area (Å²) in [5.74, 6) is -1.18. The molecule has 2 aromatic rings. The van der Waals surface area contributed by atoms with E-state index >= 15 is 0 Å². The number of fused-ring (bicyclic) bond motifs is 3. The topological polar surface area (TPSA) is 76.1 Å². The summed E-state index contributed by atoms with van der Waals surface area (Å²) in [6.07, 6.45) is 1.68. The fourth-order valence-electron chi connectivity index (χ4n) is 5.51. The van der Waals surface area contributed by atoms with Gasteiger partial charge in [0.25, 0.3) is 0 Å². The number of ketones is 1. The molecule has 5 rings (SSSR count). The van der Waals surface area contributed by atoms with Gasteiger partial charge in [0.05, 0.1) is 37.8 Å². The zero-order chi connectivity index (χ0) is 22.6. The standard InChI is InChI=1S/C24H23ClN2O5/c1-31-15-9-10-18(32-2)17(12-15)27-23(29)19-16-4-3-11-26(16)21(20(19)24(27)30)22(28)13-5-7-14(25)8-6-13/h5-10,12,16,19-21H,3-4,11H2,1-2H3/t16-,19+,20-,21+/m1/s1. The van der Waals surface area contributed by atoms with Crippen LogP contribution in [0.1, 0.15) is 23.2 Å². The van der Waals surface area contributed by atoms with Crippen molar-refractivity contribution in [3.8, 4) is 11.5 Å². The van der Waals surface area contributed by atoms with Gasteiger partial charge in [-0.1, -0.05) is 11.6 Å². The highest BCUT2D eigenvalue weighted by molar-refractivity contribution is 6.30. The van der Waals surface area contributed by atoms with E-state index < -0.39 is 17.9 Å². The molecule has 2 aromatic carbocycles. The second-order valence-corrected chi connectivity index (χ2v) is 8.80. The van der Waals surface area contributed by atoms with Gasteiger partial charge < -0.3 is 9.47 Å². The third-order valence-electron chi connectivity index (χ3n) is 6.88. The summed E-state index contributed by atoms with van der Waals surface area (Å²) in [6, 6.07) is 10.9. The van der Waals surface area contributed by atoms with Crippen LogP contribution >= 0.6 is 11.6 Å². The highest BCUT2D eigenvalue weighted by atomic mass is 35.5. The number of amides is 2. The molecule has 0 aromatic heterocycles. The van der Waals surface area contributed by atoms with Crippen molar-refractivity contribution in [2.75, 3.05) is 25.7 Å². The molecule has 3 aliphatic rings. The van der Waals surface area contributed by atoms with Gasteiger partial charge in [0, 0.05) is 22.7 Å². The van der Waals surface area contributed by atoms with E-state index in [0.717, 1.165) is 12.8 Å². The lowest BCUT2D eigenvalue weighted by Crippen LogP contribution is -2.46. The largest absolute Gasteiger partial charge is 0.497 e. The molecule has 4 atom stereocenters. The van der Waals surface area contributed by atoms with Crippen LogP contribution in [-0.2, 0) is 9.59 Å². The zero-order valence-corrected chi connectivity index (χ0v) is 18.5. The molecule has 8 heteroatoms. The average Bonchev–Trinajstić information content (AvgIpc) is 3.45. The Balaban J connectivity index is 1.57. The first-order valence-electron chi connectivity index (χ1n) is 10.6. The molecule has 0 aliphatic carbocycles. The summed E-state index contributed by atoms with van der Waals surface area (Å²) in [5.41, 5.74) is 0.835. The van der Waals surface area contributed by atoms with E-state index in [9.17, 15) is 14.4 Å². The summed E-state index contributed by atoms with van der Waals surface area (Å²) < 4.78 is 10.7. The second kappa shape index (κ2) is 7.90. The van der Waals surface area contributed by atoms with E-state index in [1.807, 2.05) is 0 Å². The molecule has 0 unspecified atom stereocenters. The number of carbonyl (C=O) groups excluding carboxylic acids is 3. The van der Waals surface area contributed by atoms with Gasteiger partial charge in [-0.05, 0) is 55.8 Å². The lowest BCUT2D eigenvalue weighted by atomic mass is 9.85. The van der Waals surface area contributed by atoms with Crippen molar-refractivity contribution >= 4 is 34.9 Å². The van der Waals surface area contributed by atoms with Gasteiger partial charge in [0.15, 0.2) is 5.78 Å². The van der Waals surface area contributed by atoms with Crippen LogP contribution in [0.3, 0.4) is 0 Å². The lowest BCUT2D eigenvalue weighted by Gasteiger charge is -2.28. The van der Waals surface area contributed by atoms with Crippen molar-refractivity contribution in [1.82, 2.24) is 4.90 Å². The first-order chi connectivity index (χ1) is 15.5. The van der Waals surface area contributed by atoms with E-state index in [1.165, 1.54) is 19.1 Å². The smallest absolute Gasteiger partial charge is 0.239 e. The van der Waals surface area contributed by atoms with Crippen LogP contribution < -0.4 is 14.4 Å². The summed E-state index contributed by atoms with van der Waals surface area (Å²) in [4.78, 5) is 44.1. The van der Waals surface area contributed by atoms with E-state index in [0.29, 0.717) is 34.3 Å². The monoisotopic (exact) mass is 454 g/mol. The van der Waals surface area contributed by atoms with E-state index in [2.05, 4.69) is 4.90 Å². The number of halogens is 1. The number of nitrogens with zero attached hydrogens (tertiary/aromatic N) is 2. The van der Waals surface area contributed by atoms with Crippen molar-refractivity contribution in [2.45, 2.75) is 24.9 Å². The number of carbonyl (C=O) groups is 3. The predicted octanol–water partition coefficient (Wildman–Crippen LogP) is 3.19. The number of benzene rings is 2. The molecule has 0 radical (unpaired) electrons. The number of methoxy groups -OCH3 is 2. The molecule has 0 N–H and O–H groups in total. The maximum absolute atomic E-state index is 13.7. The van der Waals surface area contributed by atoms with Gasteiger partial charge in [-0.2, -0.15) is 0 Å². The summed E-state index contributed by atoms with van der Waals surface area (Å²) >= 11 is 5.99. The Morgan fingerprint density at radius 1 is 1.00 bits per heavy atom. The van der Waals surface area contributed by atoms with E-state index in [4.69, 9.17) is 21.1 Å². The first-order valence-corrected chi connectivity index (χ1v) is 11.0. The SMILES string of the molecule is COc1ccc(OC)c(N2C(=O)[C@@H]3[C@@H](C2=O)[C@@H](C(=O)c2ccc(Cl)cc2)N2CCC[C@H]32)c1. The Labute approximate surface area is 190 Å². The molecule has 3 saturated heterocycles. The number of rotatable bonds is 5. The highest BCUT2D eigenvalue weighted by Crippen LogP contribution is 2.50. The molecule has 3 aliphatic heterocycles. The molecule has 7 nitrogen and oxygen atoms in total. The maximum atomic E-state index is 13.7. The minimum atomic E-state index is -0.730.